The monoisotopic (exact) mass is 349 g/mol. The molecular formula is C13H20BrNO3S. The highest BCUT2D eigenvalue weighted by molar-refractivity contribution is 9.10. The van der Waals surface area contributed by atoms with Crippen molar-refractivity contribution < 1.29 is 13.2 Å². The lowest BCUT2D eigenvalue weighted by Gasteiger charge is -2.22. The van der Waals surface area contributed by atoms with E-state index in [0.29, 0.717) is 13.2 Å². The summed E-state index contributed by atoms with van der Waals surface area (Å²) in [4.78, 5) is 0.262. The van der Waals surface area contributed by atoms with Crippen molar-refractivity contribution in [3.63, 3.8) is 0 Å². The predicted molar refractivity (Wildman–Crippen MR) is 79.6 cm³/mol. The molecule has 0 spiro atoms. The van der Waals surface area contributed by atoms with Gasteiger partial charge in [0.2, 0.25) is 10.0 Å². The molecule has 0 fully saturated rings. The number of ether oxygens (including phenoxy) is 1. The molecule has 0 amide bonds. The van der Waals surface area contributed by atoms with Crippen LogP contribution in [0, 0.1) is 5.92 Å². The van der Waals surface area contributed by atoms with Crippen LogP contribution in [0.1, 0.15) is 20.8 Å². The summed E-state index contributed by atoms with van der Waals surface area (Å²) in [5.74, 6) is 0.164. The maximum atomic E-state index is 12.2. The van der Waals surface area contributed by atoms with Crippen LogP contribution in [0.2, 0.25) is 0 Å². The minimum absolute atomic E-state index is 0.164. The molecule has 4 nitrogen and oxygen atoms in total. The van der Waals surface area contributed by atoms with Gasteiger partial charge in [-0.3, -0.25) is 0 Å². The number of hydrogen-bond donors (Lipinski definition) is 1. The molecule has 6 heteroatoms. The summed E-state index contributed by atoms with van der Waals surface area (Å²) in [7, 11) is -3.50. The van der Waals surface area contributed by atoms with Crippen molar-refractivity contribution in [1.82, 2.24) is 4.72 Å². The Kier molecular flexibility index (Phi) is 6.46. The molecule has 1 aromatic carbocycles. The molecule has 0 saturated carbocycles. The van der Waals surface area contributed by atoms with E-state index in [2.05, 4.69) is 20.7 Å². The van der Waals surface area contributed by atoms with E-state index in [4.69, 9.17) is 4.74 Å². The van der Waals surface area contributed by atoms with Gasteiger partial charge in [0.25, 0.3) is 0 Å². The van der Waals surface area contributed by atoms with E-state index in [9.17, 15) is 8.42 Å². The van der Waals surface area contributed by atoms with Crippen LogP contribution in [0.4, 0.5) is 0 Å². The Labute approximate surface area is 123 Å². The summed E-state index contributed by atoms with van der Waals surface area (Å²) in [5.41, 5.74) is 0. The molecule has 1 N–H and O–H groups in total. The van der Waals surface area contributed by atoms with Crippen molar-refractivity contribution in [3.8, 4) is 0 Å². The predicted octanol–water partition coefficient (Wildman–Crippen LogP) is 2.79. The summed E-state index contributed by atoms with van der Waals surface area (Å²) in [6.07, 6.45) is 0. The highest BCUT2D eigenvalue weighted by atomic mass is 79.9. The number of benzene rings is 1. The third-order valence-electron chi connectivity index (χ3n) is 2.74. The van der Waals surface area contributed by atoms with Crippen LogP contribution >= 0.6 is 15.9 Å². The Balaban J connectivity index is 2.84. The Morgan fingerprint density at radius 2 is 1.84 bits per heavy atom. The molecule has 0 aliphatic heterocycles. The van der Waals surface area contributed by atoms with Gasteiger partial charge >= 0.3 is 0 Å². The molecular weight excluding hydrogens is 330 g/mol. The molecule has 0 aliphatic carbocycles. The Hall–Kier alpha value is -0.430. The van der Waals surface area contributed by atoms with Crippen LogP contribution in [0.15, 0.2) is 33.6 Å². The standard InChI is InChI=1S/C13H20BrNO3S/c1-4-18-9-13(10(2)3)15-19(16,17)12-7-5-11(14)6-8-12/h5-8,10,13,15H,4,9H2,1-3H3. The molecule has 108 valence electrons. The summed E-state index contributed by atoms with van der Waals surface area (Å²) in [6, 6.07) is 6.34. The maximum Gasteiger partial charge on any atom is 0.240 e. The van der Waals surface area contributed by atoms with Crippen LogP contribution in [-0.4, -0.2) is 27.7 Å². The molecule has 0 heterocycles. The van der Waals surface area contributed by atoms with E-state index in [0.717, 1.165) is 4.47 Å². The molecule has 0 saturated heterocycles. The lowest BCUT2D eigenvalue weighted by Crippen LogP contribution is -2.41. The van der Waals surface area contributed by atoms with Gasteiger partial charge in [-0.1, -0.05) is 29.8 Å². The molecule has 1 unspecified atom stereocenters. The lowest BCUT2D eigenvalue weighted by atomic mass is 10.1. The van der Waals surface area contributed by atoms with Crippen LogP contribution in [0.5, 0.6) is 0 Å². The number of hydrogen-bond acceptors (Lipinski definition) is 3. The largest absolute Gasteiger partial charge is 0.380 e. The fraction of sp³-hybridized carbons (Fsp3) is 0.538. The third kappa shape index (κ3) is 5.22. The molecule has 19 heavy (non-hydrogen) atoms. The molecule has 1 atom stereocenters. The van der Waals surface area contributed by atoms with Gasteiger partial charge in [0.05, 0.1) is 11.5 Å². The van der Waals surface area contributed by atoms with E-state index >= 15 is 0 Å². The van der Waals surface area contributed by atoms with Crippen LogP contribution < -0.4 is 4.72 Å². The molecule has 0 aromatic heterocycles. The van der Waals surface area contributed by atoms with Gasteiger partial charge in [0, 0.05) is 17.1 Å². The first-order valence-corrected chi connectivity index (χ1v) is 8.50. The minimum Gasteiger partial charge on any atom is -0.380 e. The quantitative estimate of drug-likeness (QED) is 0.823. The summed E-state index contributed by atoms with van der Waals surface area (Å²) in [5, 5.41) is 0. The van der Waals surface area contributed by atoms with Gasteiger partial charge in [0.1, 0.15) is 0 Å². The van der Waals surface area contributed by atoms with Gasteiger partial charge < -0.3 is 4.74 Å². The average Bonchev–Trinajstić information content (AvgIpc) is 2.34. The maximum absolute atomic E-state index is 12.2. The van der Waals surface area contributed by atoms with Gasteiger partial charge in [-0.25, -0.2) is 13.1 Å². The fourth-order valence-electron chi connectivity index (χ4n) is 1.49. The first kappa shape index (κ1) is 16.6. The van der Waals surface area contributed by atoms with E-state index < -0.39 is 10.0 Å². The van der Waals surface area contributed by atoms with Crippen molar-refractivity contribution >= 4 is 26.0 Å². The van der Waals surface area contributed by atoms with Crippen molar-refractivity contribution in [2.75, 3.05) is 13.2 Å². The third-order valence-corrected chi connectivity index (χ3v) is 4.77. The second-order valence-electron chi connectivity index (χ2n) is 4.59. The first-order valence-electron chi connectivity index (χ1n) is 6.22. The van der Waals surface area contributed by atoms with Crippen molar-refractivity contribution in [2.45, 2.75) is 31.7 Å². The Bertz CT molecular complexity index is 485. The zero-order valence-corrected chi connectivity index (χ0v) is 13.8. The van der Waals surface area contributed by atoms with Gasteiger partial charge in [-0.05, 0) is 37.1 Å². The summed E-state index contributed by atoms with van der Waals surface area (Å²) >= 11 is 3.29. The number of rotatable bonds is 7. The van der Waals surface area contributed by atoms with Crippen molar-refractivity contribution in [2.24, 2.45) is 5.92 Å². The molecule has 1 rings (SSSR count). The highest BCUT2D eigenvalue weighted by Crippen LogP contribution is 2.16. The Morgan fingerprint density at radius 3 is 2.32 bits per heavy atom. The second-order valence-corrected chi connectivity index (χ2v) is 7.21. The van der Waals surface area contributed by atoms with Gasteiger partial charge in [-0.15, -0.1) is 0 Å². The number of halogens is 1. The zero-order valence-electron chi connectivity index (χ0n) is 11.4. The average molecular weight is 350 g/mol. The molecule has 0 radical (unpaired) electrons. The smallest absolute Gasteiger partial charge is 0.240 e. The zero-order chi connectivity index (χ0) is 14.5. The number of nitrogens with one attached hydrogen (secondary N) is 1. The summed E-state index contributed by atoms with van der Waals surface area (Å²) < 4.78 is 33.3. The van der Waals surface area contributed by atoms with E-state index in [1.54, 1.807) is 24.3 Å². The van der Waals surface area contributed by atoms with E-state index in [-0.39, 0.29) is 16.9 Å². The summed E-state index contributed by atoms with van der Waals surface area (Å²) in [6.45, 7) is 6.77. The SMILES string of the molecule is CCOCC(NS(=O)(=O)c1ccc(Br)cc1)C(C)C. The van der Waals surface area contributed by atoms with Crippen LogP contribution in [0.3, 0.4) is 0 Å². The lowest BCUT2D eigenvalue weighted by molar-refractivity contribution is 0.116. The normalized spacial score (nSPS) is 13.7. The van der Waals surface area contributed by atoms with Crippen molar-refractivity contribution in [1.29, 1.82) is 0 Å². The second kappa shape index (κ2) is 7.38. The topological polar surface area (TPSA) is 55.4 Å². The minimum atomic E-state index is -3.50. The van der Waals surface area contributed by atoms with Gasteiger partial charge in [0.15, 0.2) is 0 Å². The molecule has 0 aliphatic rings. The van der Waals surface area contributed by atoms with E-state index in [1.807, 2.05) is 20.8 Å². The fourth-order valence-corrected chi connectivity index (χ4v) is 3.12. The van der Waals surface area contributed by atoms with Gasteiger partial charge in [-0.2, -0.15) is 0 Å². The highest BCUT2D eigenvalue weighted by Gasteiger charge is 2.22. The molecule has 0 bridgehead atoms. The van der Waals surface area contributed by atoms with Crippen molar-refractivity contribution in [3.05, 3.63) is 28.7 Å². The van der Waals surface area contributed by atoms with E-state index in [1.165, 1.54) is 0 Å². The first-order chi connectivity index (χ1) is 8.86. The van der Waals surface area contributed by atoms with Crippen LogP contribution in [0.25, 0.3) is 0 Å². The molecule has 1 aromatic rings. The number of sulfonamides is 1. The Morgan fingerprint density at radius 1 is 1.26 bits per heavy atom. The van der Waals surface area contributed by atoms with Crippen LogP contribution in [-0.2, 0) is 14.8 Å².